The SMILES string of the molecule is C=CCO[C@H]1O[C@@H]2COC(c3ccccc3)O[C@H]2[C@H](OCc2ccc(OC)cc2)[C@@H]1O. The maximum atomic E-state index is 11.0. The number of rotatable bonds is 8. The van der Waals surface area contributed by atoms with Gasteiger partial charge in [-0.15, -0.1) is 6.58 Å². The van der Waals surface area contributed by atoms with Crippen molar-refractivity contribution in [2.75, 3.05) is 20.3 Å². The minimum Gasteiger partial charge on any atom is -0.497 e. The lowest BCUT2D eigenvalue weighted by atomic mass is 9.97. The van der Waals surface area contributed by atoms with E-state index in [0.29, 0.717) is 13.2 Å². The van der Waals surface area contributed by atoms with Crippen molar-refractivity contribution in [3.8, 4) is 5.75 Å². The van der Waals surface area contributed by atoms with Crippen molar-refractivity contribution in [2.45, 2.75) is 43.6 Å². The molecule has 2 aromatic rings. The van der Waals surface area contributed by atoms with Crippen LogP contribution >= 0.6 is 0 Å². The van der Waals surface area contributed by atoms with Gasteiger partial charge >= 0.3 is 0 Å². The van der Waals surface area contributed by atoms with E-state index in [0.717, 1.165) is 16.9 Å². The van der Waals surface area contributed by atoms with E-state index in [9.17, 15) is 5.11 Å². The molecule has 31 heavy (non-hydrogen) atoms. The van der Waals surface area contributed by atoms with Crippen LogP contribution in [0.25, 0.3) is 0 Å². The third-order valence-electron chi connectivity index (χ3n) is 5.36. The summed E-state index contributed by atoms with van der Waals surface area (Å²) in [4.78, 5) is 0. The van der Waals surface area contributed by atoms with Gasteiger partial charge in [-0.1, -0.05) is 48.5 Å². The highest BCUT2D eigenvalue weighted by Crippen LogP contribution is 2.36. The van der Waals surface area contributed by atoms with E-state index in [4.69, 9.17) is 28.4 Å². The summed E-state index contributed by atoms with van der Waals surface area (Å²) in [7, 11) is 1.62. The van der Waals surface area contributed by atoms with Crippen molar-refractivity contribution in [2.24, 2.45) is 0 Å². The Hall–Kier alpha value is -2.26. The lowest BCUT2D eigenvalue weighted by Crippen LogP contribution is -2.63. The van der Waals surface area contributed by atoms with Gasteiger partial charge < -0.3 is 33.5 Å². The number of ether oxygens (including phenoxy) is 6. The molecule has 2 aromatic carbocycles. The summed E-state index contributed by atoms with van der Waals surface area (Å²) in [6.07, 6.45) is -2.46. The third-order valence-corrected chi connectivity index (χ3v) is 5.36. The van der Waals surface area contributed by atoms with Gasteiger partial charge in [0.15, 0.2) is 12.6 Å². The van der Waals surface area contributed by atoms with Crippen molar-refractivity contribution in [1.29, 1.82) is 0 Å². The number of aliphatic hydroxyl groups excluding tert-OH is 1. The molecule has 0 amide bonds. The van der Waals surface area contributed by atoms with Crippen LogP contribution in [0.4, 0.5) is 0 Å². The second kappa shape index (κ2) is 10.4. The van der Waals surface area contributed by atoms with E-state index in [2.05, 4.69) is 6.58 Å². The van der Waals surface area contributed by atoms with E-state index in [1.807, 2.05) is 54.6 Å². The molecular weight excluding hydrogens is 400 g/mol. The molecule has 0 spiro atoms. The molecule has 166 valence electrons. The first-order chi connectivity index (χ1) is 15.2. The number of aliphatic hydroxyl groups is 1. The quantitative estimate of drug-likeness (QED) is 0.648. The molecule has 2 aliphatic heterocycles. The Bertz CT molecular complexity index is 826. The fourth-order valence-corrected chi connectivity index (χ4v) is 3.75. The van der Waals surface area contributed by atoms with E-state index in [1.165, 1.54) is 0 Å². The average molecular weight is 428 g/mol. The molecule has 2 aliphatic rings. The number of fused-ring (bicyclic) bond motifs is 1. The fourth-order valence-electron chi connectivity index (χ4n) is 3.75. The predicted molar refractivity (Wildman–Crippen MR) is 112 cm³/mol. The Morgan fingerprint density at radius 2 is 1.84 bits per heavy atom. The van der Waals surface area contributed by atoms with Crippen LogP contribution in [0.5, 0.6) is 5.75 Å². The maximum absolute atomic E-state index is 11.0. The summed E-state index contributed by atoms with van der Waals surface area (Å²) in [5.74, 6) is 0.770. The molecule has 2 saturated heterocycles. The van der Waals surface area contributed by atoms with Crippen LogP contribution in [0.15, 0.2) is 67.3 Å². The smallest absolute Gasteiger partial charge is 0.187 e. The zero-order valence-electron chi connectivity index (χ0n) is 17.5. The number of hydrogen-bond donors (Lipinski definition) is 1. The Kier molecular flexibility index (Phi) is 7.34. The van der Waals surface area contributed by atoms with Crippen LogP contribution in [-0.2, 0) is 30.3 Å². The summed E-state index contributed by atoms with van der Waals surface area (Å²) in [6.45, 7) is 4.49. The predicted octanol–water partition coefficient (Wildman–Crippen LogP) is 2.98. The van der Waals surface area contributed by atoms with Gasteiger partial charge in [0.1, 0.15) is 30.2 Å². The Labute approximate surface area is 182 Å². The van der Waals surface area contributed by atoms with Gasteiger partial charge in [-0.25, -0.2) is 0 Å². The second-order valence-electron chi connectivity index (χ2n) is 7.46. The molecule has 0 bridgehead atoms. The maximum Gasteiger partial charge on any atom is 0.187 e. The van der Waals surface area contributed by atoms with Gasteiger partial charge in [0.05, 0.1) is 26.9 Å². The fraction of sp³-hybridized carbons (Fsp3) is 0.417. The van der Waals surface area contributed by atoms with Crippen molar-refractivity contribution in [1.82, 2.24) is 0 Å². The van der Waals surface area contributed by atoms with Gasteiger partial charge in [0.25, 0.3) is 0 Å². The molecule has 7 nitrogen and oxygen atoms in total. The van der Waals surface area contributed by atoms with Crippen molar-refractivity contribution >= 4 is 0 Å². The van der Waals surface area contributed by atoms with Crippen LogP contribution < -0.4 is 4.74 Å². The Balaban J connectivity index is 1.50. The molecule has 2 heterocycles. The van der Waals surface area contributed by atoms with Crippen molar-refractivity contribution < 1.29 is 33.5 Å². The molecule has 0 aromatic heterocycles. The molecule has 0 radical (unpaired) electrons. The summed E-state index contributed by atoms with van der Waals surface area (Å²) in [5.41, 5.74) is 1.85. The van der Waals surface area contributed by atoms with E-state index in [1.54, 1.807) is 13.2 Å². The second-order valence-corrected chi connectivity index (χ2v) is 7.46. The minimum atomic E-state index is -1.03. The Morgan fingerprint density at radius 3 is 2.55 bits per heavy atom. The molecule has 2 fully saturated rings. The van der Waals surface area contributed by atoms with Crippen LogP contribution in [0, 0.1) is 0 Å². The van der Waals surface area contributed by atoms with Crippen LogP contribution in [0.1, 0.15) is 17.4 Å². The summed E-state index contributed by atoms with van der Waals surface area (Å²) in [5, 5.41) is 11.0. The van der Waals surface area contributed by atoms with Gasteiger partial charge in [-0.2, -0.15) is 0 Å². The molecule has 0 saturated carbocycles. The lowest BCUT2D eigenvalue weighted by molar-refractivity contribution is -0.365. The standard InChI is InChI=1S/C24H28O7/c1-3-13-27-24-20(25)22(28-14-16-9-11-18(26-2)12-10-16)21-19(30-24)15-29-23(31-21)17-7-5-4-6-8-17/h3-12,19-25H,1,13-15H2,2H3/t19-,20+,21-,22-,23?,24+/m1/s1. The number of hydrogen-bond acceptors (Lipinski definition) is 7. The lowest BCUT2D eigenvalue weighted by Gasteiger charge is -2.47. The van der Waals surface area contributed by atoms with E-state index in [-0.39, 0.29) is 6.61 Å². The first kappa shape index (κ1) is 22.0. The van der Waals surface area contributed by atoms with Crippen LogP contribution in [-0.4, -0.2) is 56.1 Å². The molecule has 4 rings (SSSR count). The van der Waals surface area contributed by atoms with Gasteiger partial charge in [0, 0.05) is 5.56 Å². The normalized spacial score (nSPS) is 30.4. The van der Waals surface area contributed by atoms with Crippen molar-refractivity contribution in [3.63, 3.8) is 0 Å². The molecule has 0 aliphatic carbocycles. The average Bonchev–Trinajstić information content (AvgIpc) is 2.83. The van der Waals surface area contributed by atoms with E-state index >= 15 is 0 Å². The first-order valence-electron chi connectivity index (χ1n) is 10.3. The highest BCUT2D eigenvalue weighted by atomic mass is 16.8. The highest BCUT2D eigenvalue weighted by molar-refractivity contribution is 5.26. The summed E-state index contributed by atoms with van der Waals surface area (Å²) >= 11 is 0. The molecule has 6 atom stereocenters. The molecule has 7 heteroatoms. The highest BCUT2D eigenvalue weighted by Gasteiger charge is 2.50. The molecule has 1 unspecified atom stereocenters. The number of benzene rings is 2. The zero-order valence-corrected chi connectivity index (χ0v) is 17.5. The van der Waals surface area contributed by atoms with Gasteiger partial charge in [0.2, 0.25) is 0 Å². The zero-order chi connectivity index (χ0) is 21.6. The largest absolute Gasteiger partial charge is 0.497 e. The van der Waals surface area contributed by atoms with Crippen LogP contribution in [0.3, 0.4) is 0 Å². The summed E-state index contributed by atoms with van der Waals surface area (Å²) < 4.78 is 35.0. The van der Waals surface area contributed by atoms with Gasteiger partial charge in [-0.3, -0.25) is 0 Å². The first-order valence-corrected chi connectivity index (χ1v) is 10.3. The topological polar surface area (TPSA) is 75.6 Å². The van der Waals surface area contributed by atoms with E-state index < -0.39 is 37.0 Å². The Morgan fingerprint density at radius 1 is 1.06 bits per heavy atom. The molecular formula is C24H28O7. The van der Waals surface area contributed by atoms with Crippen LogP contribution in [0.2, 0.25) is 0 Å². The van der Waals surface area contributed by atoms with Crippen molar-refractivity contribution in [3.05, 3.63) is 78.4 Å². The van der Waals surface area contributed by atoms with Gasteiger partial charge in [-0.05, 0) is 17.7 Å². The molecule has 1 N–H and O–H groups in total. The third kappa shape index (κ3) is 5.15. The summed E-state index contributed by atoms with van der Waals surface area (Å²) in [6, 6.07) is 17.3. The number of methoxy groups -OCH3 is 1. The minimum absolute atomic E-state index is 0.249. The monoisotopic (exact) mass is 428 g/mol.